The number of aliphatic hydroxyl groups is 1. The number of hydrogen-bond donors (Lipinski definition) is 2. The standard InChI is InChI=1S/C25H49NO3/c1-2-3-4-5-6-7-8-9-10-11-12-13-14-15-16-17-21-26-24(28)29-23-25(22-27)19-18-20-25/h27H,2-23H2,1H3,(H,26,28). The molecule has 0 atom stereocenters. The highest BCUT2D eigenvalue weighted by molar-refractivity contribution is 5.67. The van der Waals surface area contributed by atoms with Crippen LogP contribution in [0.25, 0.3) is 0 Å². The largest absolute Gasteiger partial charge is 0.449 e. The molecule has 4 heteroatoms. The Kier molecular flexibility index (Phi) is 16.3. The smallest absolute Gasteiger partial charge is 0.407 e. The molecule has 0 aromatic carbocycles. The highest BCUT2D eigenvalue weighted by Crippen LogP contribution is 2.40. The maximum atomic E-state index is 11.7. The summed E-state index contributed by atoms with van der Waals surface area (Å²) in [5.41, 5.74) is -0.147. The fourth-order valence-corrected chi connectivity index (χ4v) is 4.16. The van der Waals surface area contributed by atoms with Gasteiger partial charge >= 0.3 is 6.09 Å². The lowest BCUT2D eigenvalue weighted by Gasteiger charge is -2.39. The number of hydrogen-bond acceptors (Lipinski definition) is 3. The van der Waals surface area contributed by atoms with Gasteiger partial charge in [0.05, 0.1) is 6.61 Å². The summed E-state index contributed by atoms with van der Waals surface area (Å²) in [4.78, 5) is 11.7. The summed E-state index contributed by atoms with van der Waals surface area (Å²) in [6.07, 6.45) is 24.5. The summed E-state index contributed by atoms with van der Waals surface area (Å²) in [5, 5.41) is 12.2. The average Bonchev–Trinajstić information content (AvgIpc) is 2.70. The molecule has 2 N–H and O–H groups in total. The Balaban J connectivity index is 1.73. The second-order valence-electron chi connectivity index (χ2n) is 9.32. The van der Waals surface area contributed by atoms with E-state index < -0.39 is 0 Å². The molecule has 1 saturated carbocycles. The number of carbonyl (C=O) groups is 1. The van der Waals surface area contributed by atoms with Crippen LogP contribution >= 0.6 is 0 Å². The van der Waals surface area contributed by atoms with Crippen molar-refractivity contribution in [2.45, 2.75) is 129 Å². The van der Waals surface area contributed by atoms with Gasteiger partial charge in [0, 0.05) is 12.0 Å². The van der Waals surface area contributed by atoms with Gasteiger partial charge in [-0.3, -0.25) is 0 Å². The van der Waals surface area contributed by atoms with Gasteiger partial charge in [-0.2, -0.15) is 0 Å². The van der Waals surface area contributed by atoms with Crippen molar-refractivity contribution in [2.24, 2.45) is 5.41 Å². The molecule has 0 aliphatic heterocycles. The summed E-state index contributed by atoms with van der Waals surface area (Å²) in [7, 11) is 0. The molecule has 0 radical (unpaired) electrons. The minimum atomic E-state index is -0.328. The average molecular weight is 412 g/mol. The Bertz CT molecular complexity index is 377. The topological polar surface area (TPSA) is 58.6 Å². The van der Waals surface area contributed by atoms with Gasteiger partial charge in [-0.1, -0.05) is 110 Å². The zero-order valence-corrected chi connectivity index (χ0v) is 19.3. The van der Waals surface area contributed by atoms with E-state index in [4.69, 9.17) is 4.74 Å². The van der Waals surface area contributed by atoms with Crippen molar-refractivity contribution >= 4 is 6.09 Å². The van der Waals surface area contributed by atoms with Crippen LogP contribution in [0.3, 0.4) is 0 Å². The molecule has 0 saturated heterocycles. The first kappa shape index (κ1) is 26.3. The van der Waals surface area contributed by atoms with E-state index in [1.54, 1.807) is 0 Å². The van der Waals surface area contributed by atoms with Crippen LogP contribution in [0, 0.1) is 5.41 Å². The zero-order chi connectivity index (χ0) is 21.0. The first-order valence-corrected chi connectivity index (χ1v) is 12.7. The van der Waals surface area contributed by atoms with E-state index in [2.05, 4.69) is 12.2 Å². The third-order valence-corrected chi connectivity index (χ3v) is 6.56. The molecular formula is C25H49NO3. The number of amides is 1. The van der Waals surface area contributed by atoms with Gasteiger partial charge in [-0.25, -0.2) is 4.79 Å². The van der Waals surface area contributed by atoms with Gasteiger partial charge < -0.3 is 15.2 Å². The number of aliphatic hydroxyl groups excluding tert-OH is 1. The number of carbonyl (C=O) groups excluding carboxylic acids is 1. The van der Waals surface area contributed by atoms with E-state index in [1.807, 2.05) is 0 Å². The van der Waals surface area contributed by atoms with Crippen molar-refractivity contribution in [2.75, 3.05) is 19.8 Å². The lowest BCUT2D eigenvalue weighted by Crippen LogP contribution is -2.40. The third-order valence-electron chi connectivity index (χ3n) is 6.56. The Morgan fingerprint density at radius 2 is 1.24 bits per heavy atom. The first-order chi connectivity index (χ1) is 14.2. The van der Waals surface area contributed by atoms with Crippen LogP contribution in [0.5, 0.6) is 0 Å². The molecule has 29 heavy (non-hydrogen) atoms. The maximum Gasteiger partial charge on any atom is 0.407 e. The van der Waals surface area contributed by atoms with E-state index in [0.717, 1.165) is 25.7 Å². The lowest BCUT2D eigenvalue weighted by atomic mass is 9.70. The van der Waals surface area contributed by atoms with Crippen molar-refractivity contribution in [1.82, 2.24) is 5.32 Å². The summed E-state index contributed by atoms with van der Waals surface area (Å²) < 4.78 is 5.26. The number of alkyl carbamates (subject to hydrolysis) is 1. The second kappa shape index (κ2) is 18.0. The van der Waals surface area contributed by atoms with E-state index in [9.17, 15) is 9.90 Å². The molecule has 0 unspecified atom stereocenters. The van der Waals surface area contributed by atoms with Crippen LogP contribution in [0.1, 0.15) is 129 Å². The van der Waals surface area contributed by atoms with Crippen molar-refractivity contribution in [1.29, 1.82) is 0 Å². The molecule has 0 heterocycles. The number of ether oxygens (including phenoxy) is 1. The van der Waals surface area contributed by atoms with Gasteiger partial charge in [0.2, 0.25) is 0 Å². The molecule has 1 aliphatic rings. The predicted octanol–water partition coefficient (Wildman–Crippen LogP) is 7.14. The van der Waals surface area contributed by atoms with Crippen LogP contribution < -0.4 is 5.32 Å². The van der Waals surface area contributed by atoms with Gasteiger partial charge in [-0.15, -0.1) is 0 Å². The fraction of sp³-hybridized carbons (Fsp3) is 0.960. The quantitative estimate of drug-likeness (QED) is 0.209. The number of nitrogens with one attached hydrogen (secondary N) is 1. The monoisotopic (exact) mass is 411 g/mol. The predicted molar refractivity (Wildman–Crippen MR) is 122 cm³/mol. The van der Waals surface area contributed by atoms with Crippen LogP contribution in [0.4, 0.5) is 4.79 Å². The fourth-order valence-electron chi connectivity index (χ4n) is 4.16. The van der Waals surface area contributed by atoms with Crippen molar-refractivity contribution in [3.05, 3.63) is 0 Å². The molecule has 1 aliphatic carbocycles. The Labute approximate surface area is 180 Å². The zero-order valence-electron chi connectivity index (χ0n) is 19.3. The van der Waals surface area contributed by atoms with Crippen LogP contribution in [-0.4, -0.2) is 31.0 Å². The highest BCUT2D eigenvalue weighted by Gasteiger charge is 2.37. The molecule has 0 aromatic rings. The minimum absolute atomic E-state index is 0.124. The highest BCUT2D eigenvalue weighted by atomic mass is 16.5. The first-order valence-electron chi connectivity index (χ1n) is 12.7. The van der Waals surface area contributed by atoms with Crippen molar-refractivity contribution in [3.63, 3.8) is 0 Å². The molecule has 172 valence electrons. The third kappa shape index (κ3) is 14.0. The SMILES string of the molecule is CCCCCCCCCCCCCCCCCCNC(=O)OCC1(CO)CCC1. The molecular weight excluding hydrogens is 362 g/mol. The van der Waals surface area contributed by atoms with Crippen molar-refractivity contribution in [3.8, 4) is 0 Å². The Morgan fingerprint density at radius 3 is 1.62 bits per heavy atom. The van der Waals surface area contributed by atoms with E-state index >= 15 is 0 Å². The summed E-state index contributed by atoms with van der Waals surface area (Å²) >= 11 is 0. The van der Waals surface area contributed by atoms with Gasteiger partial charge in [-0.05, 0) is 19.3 Å². The minimum Gasteiger partial charge on any atom is -0.449 e. The Hall–Kier alpha value is -0.770. The molecule has 1 amide bonds. The van der Waals surface area contributed by atoms with E-state index in [0.29, 0.717) is 13.2 Å². The second-order valence-corrected chi connectivity index (χ2v) is 9.32. The van der Waals surface area contributed by atoms with Gasteiger partial charge in [0.15, 0.2) is 0 Å². The summed E-state index contributed by atoms with van der Waals surface area (Å²) in [6.45, 7) is 3.46. The van der Waals surface area contributed by atoms with Crippen LogP contribution in [-0.2, 0) is 4.74 Å². The Morgan fingerprint density at radius 1 is 0.793 bits per heavy atom. The molecule has 1 rings (SSSR count). The maximum absolute atomic E-state index is 11.7. The number of rotatable bonds is 20. The molecule has 1 fully saturated rings. The molecule has 0 spiro atoms. The lowest BCUT2D eigenvalue weighted by molar-refractivity contribution is -0.0169. The summed E-state index contributed by atoms with van der Waals surface area (Å²) in [5.74, 6) is 0. The normalized spacial score (nSPS) is 15.1. The number of unbranched alkanes of at least 4 members (excludes halogenated alkanes) is 15. The van der Waals surface area contributed by atoms with E-state index in [-0.39, 0.29) is 18.1 Å². The van der Waals surface area contributed by atoms with E-state index in [1.165, 1.54) is 96.3 Å². The molecule has 0 bridgehead atoms. The van der Waals surface area contributed by atoms with Crippen LogP contribution in [0.15, 0.2) is 0 Å². The molecule has 4 nitrogen and oxygen atoms in total. The molecule has 0 aromatic heterocycles. The van der Waals surface area contributed by atoms with Crippen molar-refractivity contribution < 1.29 is 14.6 Å². The summed E-state index contributed by atoms with van der Waals surface area (Å²) in [6, 6.07) is 0. The van der Waals surface area contributed by atoms with Gasteiger partial charge in [0.1, 0.15) is 6.61 Å². The van der Waals surface area contributed by atoms with Gasteiger partial charge in [0.25, 0.3) is 0 Å². The van der Waals surface area contributed by atoms with Crippen LogP contribution in [0.2, 0.25) is 0 Å².